The van der Waals surface area contributed by atoms with Gasteiger partial charge in [0.25, 0.3) is 0 Å². The topological polar surface area (TPSA) is 37.4 Å². The molecular formula is C15H25N3O. The monoisotopic (exact) mass is 263 g/mol. The van der Waals surface area contributed by atoms with E-state index in [1.165, 1.54) is 11.3 Å². The lowest BCUT2D eigenvalue weighted by molar-refractivity contribution is 0.193. The molecule has 1 aliphatic rings. The van der Waals surface area contributed by atoms with Crippen LogP contribution in [0.3, 0.4) is 0 Å². The summed E-state index contributed by atoms with van der Waals surface area (Å²) in [4.78, 5) is 7.06. The maximum absolute atomic E-state index is 5.47. The van der Waals surface area contributed by atoms with Crippen LogP contribution < -0.4 is 10.2 Å². The number of ether oxygens (including phenoxy) is 1. The number of hydrogen-bond acceptors (Lipinski definition) is 4. The first-order chi connectivity index (χ1) is 9.24. The molecule has 1 atom stereocenters. The smallest absolute Gasteiger partial charge is 0.129 e. The van der Waals surface area contributed by atoms with Crippen LogP contribution in [-0.4, -0.2) is 38.3 Å². The Labute approximate surface area is 116 Å². The van der Waals surface area contributed by atoms with Crippen LogP contribution in [0.25, 0.3) is 0 Å². The quantitative estimate of drug-likeness (QED) is 0.851. The largest absolute Gasteiger partial charge is 0.379 e. The van der Waals surface area contributed by atoms with Crippen LogP contribution in [0, 0.1) is 0 Å². The summed E-state index contributed by atoms with van der Waals surface area (Å²) < 4.78 is 5.47. The fraction of sp³-hybridized carbons (Fsp3) is 0.667. The van der Waals surface area contributed by atoms with E-state index in [1.54, 1.807) is 0 Å². The molecule has 0 amide bonds. The highest BCUT2D eigenvalue weighted by molar-refractivity contribution is 5.43. The predicted molar refractivity (Wildman–Crippen MR) is 78.6 cm³/mol. The average Bonchev–Trinajstić information content (AvgIpc) is 2.92. The van der Waals surface area contributed by atoms with Gasteiger partial charge >= 0.3 is 0 Å². The normalized spacial score (nSPS) is 18.8. The Morgan fingerprint density at radius 3 is 2.95 bits per heavy atom. The molecule has 1 saturated heterocycles. The number of nitrogens with one attached hydrogen (secondary N) is 1. The van der Waals surface area contributed by atoms with E-state index in [0.29, 0.717) is 6.04 Å². The van der Waals surface area contributed by atoms with Gasteiger partial charge in [0.2, 0.25) is 0 Å². The zero-order valence-corrected chi connectivity index (χ0v) is 12.3. The van der Waals surface area contributed by atoms with E-state index < -0.39 is 0 Å². The summed E-state index contributed by atoms with van der Waals surface area (Å²) in [6.45, 7) is 4.77. The Morgan fingerprint density at radius 2 is 2.32 bits per heavy atom. The van der Waals surface area contributed by atoms with E-state index in [0.717, 1.165) is 44.8 Å². The molecule has 1 aromatic rings. The standard InChI is InChI=1S/C15H25N3O/c1-4-5-13-8-12(10-16-2)9-15(17-13)18(3)14-6-7-19-11-14/h8-9,14,16H,4-7,10-11H2,1-3H3. The van der Waals surface area contributed by atoms with Crippen molar-refractivity contribution in [3.05, 3.63) is 23.4 Å². The van der Waals surface area contributed by atoms with E-state index in [9.17, 15) is 0 Å². The minimum Gasteiger partial charge on any atom is -0.379 e. The molecule has 2 heterocycles. The molecule has 1 N–H and O–H groups in total. The van der Waals surface area contributed by atoms with Crippen LogP contribution in [0.5, 0.6) is 0 Å². The molecule has 4 heteroatoms. The summed E-state index contributed by atoms with van der Waals surface area (Å²) >= 11 is 0. The van der Waals surface area contributed by atoms with Crippen molar-refractivity contribution in [3.8, 4) is 0 Å². The number of aromatic nitrogens is 1. The highest BCUT2D eigenvalue weighted by Crippen LogP contribution is 2.20. The first-order valence-corrected chi connectivity index (χ1v) is 7.19. The Morgan fingerprint density at radius 1 is 1.47 bits per heavy atom. The molecule has 106 valence electrons. The van der Waals surface area contributed by atoms with Gasteiger partial charge in [-0.1, -0.05) is 13.3 Å². The van der Waals surface area contributed by atoms with Crippen molar-refractivity contribution in [1.29, 1.82) is 0 Å². The number of hydrogen-bond donors (Lipinski definition) is 1. The van der Waals surface area contributed by atoms with Gasteiger partial charge in [0.05, 0.1) is 12.6 Å². The predicted octanol–water partition coefficient (Wildman–Crippen LogP) is 1.98. The molecule has 0 radical (unpaired) electrons. The van der Waals surface area contributed by atoms with E-state index in [4.69, 9.17) is 9.72 Å². The minimum absolute atomic E-state index is 0.465. The Bertz CT molecular complexity index is 378. The highest BCUT2D eigenvalue weighted by Gasteiger charge is 2.21. The summed E-state index contributed by atoms with van der Waals surface area (Å²) in [5.41, 5.74) is 2.50. The van der Waals surface area contributed by atoms with Gasteiger partial charge in [-0.25, -0.2) is 4.98 Å². The first-order valence-electron chi connectivity index (χ1n) is 7.19. The molecule has 0 saturated carbocycles. The molecule has 4 nitrogen and oxygen atoms in total. The minimum atomic E-state index is 0.465. The van der Waals surface area contributed by atoms with Crippen molar-refractivity contribution in [3.63, 3.8) is 0 Å². The van der Waals surface area contributed by atoms with Gasteiger partial charge in [0.1, 0.15) is 5.82 Å². The summed E-state index contributed by atoms with van der Waals surface area (Å²) in [5, 5.41) is 3.22. The van der Waals surface area contributed by atoms with E-state index in [-0.39, 0.29) is 0 Å². The molecule has 1 aliphatic heterocycles. The van der Waals surface area contributed by atoms with Gasteiger partial charge in [-0.05, 0) is 37.6 Å². The number of rotatable bonds is 6. The van der Waals surface area contributed by atoms with Gasteiger partial charge in [0, 0.05) is 25.9 Å². The summed E-state index contributed by atoms with van der Waals surface area (Å²) in [6, 6.07) is 4.86. The van der Waals surface area contributed by atoms with Crippen LogP contribution in [0.2, 0.25) is 0 Å². The summed E-state index contributed by atoms with van der Waals surface area (Å²) in [5.74, 6) is 1.08. The van der Waals surface area contributed by atoms with Gasteiger partial charge < -0.3 is 15.0 Å². The maximum Gasteiger partial charge on any atom is 0.129 e. The van der Waals surface area contributed by atoms with Crippen molar-refractivity contribution in [2.24, 2.45) is 0 Å². The van der Waals surface area contributed by atoms with Crippen molar-refractivity contribution in [1.82, 2.24) is 10.3 Å². The van der Waals surface area contributed by atoms with Gasteiger partial charge in [0.15, 0.2) is 0 Å². The number of nitrogens with zero attached hydrogens (tertiary/aromatic N) is 2. The van der Waals surface area contributed by atoms with Gasteiger partial charge in [-0.15, -0.1) is 0 Å². The second-order valence-electron chi connectivity index (χ2n) is 5.23. The van der Waals surface area contributed by atoms with Gasteiger partial charge in [-0.2, -0.15) is 0 Å². The molecule has 1 unspecified atom stereocenters. The lowest BCUT2D eigenvalue weighted by atomic mass is 10.1. The van der Waals surface area contributed by atoms with E-state index in [1.807, 2.05) is 7.05 Å². The van der Waals surface area contributed by atoms with Crippen molar-refractivity contribution in [2.45, 2.75) is 38.8 Å². The molecule has 1 fully saturated rings. The molecule has 2 rings (SSSR count). The maximum atomic E-state index is 5.47. The van der Waals surface area contributed by atoms with Crippen LogP contribution in [0.4, 0.5) is 5.82 Å². The lowest BCUT2D eigenvalue weighted by Gasteiger charge is -2.25. The Balaban J connectivity index is 2.21. The molecular weight excluding hydrogens is 238 g/mol. The number of pyridine rings is 1. The molecule has 19 heavy (non-hydrogen) atoms. The highest BCUT2D eigenvalue weighted by atomic mass is 16.5. The fourth-order valence-electron chi connectivity index (χ4n) is 2.52. The SMILES string of the molecule is CCCc1cc(CNC)cc(N(C)C2CCOC2)n1. The van der Waals surface area contributed by atoms with E-state index >= 15 is 0 Å². The molecule has 0 aliphatic carbocycles. The number of likely N-dealkylation sites (N-methyl/N-ethyl adjacent to an activating group) is 1. The zero-order chi connectivity index (χ0) is 13.7. The number of aryl methyl sites for hydroxylation is 1. The summed E-state index contributed by atoms with van der Waals surface area (Å²) in [7, 11) is 4.11. The van der Waals surface area contributed by atoms with E-state index in [2.05, 4.69) is 36.3 Å². The Kier molecular flexibility index (Phi) is 5.16. The average molecular weight is 263 g/mol. The van der Waals surface area contributed by atoms with Crippen LogP contribution in [0.1, 0.15) is 31.0 Å². The third kappa shape index (κ3) is 3.67. The van der Waals surface area contributed by atoms with Crippen molar-refractivity contribution >= 4 is 5.82 Å². The van der Waals surface area contributed by atoms with Crippen molar-refractivity contribution < 1.29 is 4.74 Å². The molecule has 1 aromatic heterocycles. The molecule has 0 aromatic carbocycles. The fourth-order valence-corrected chi connectivity index (χ4v) is 2.52. The van der Waals surface area contributed by atoms with Crippen molar-refractivity contribution in [2.75, 3.05) is 32.2 Å². The zero-order valence-electron chi connectivity index (χ0n) is 12.3. The van der Waals surface area contributed by atoms with Crippen LogP contribution in [0.15, 0.2) is 12.1 Å². The number of anilines is 1. The third-order valence-corrected chi connectivity index (χ3v) is 3.63. The Hall–Kier alpha value is -1.13. The molecule has 0 spiro atoms. The second kappa shape index (κ2) is 6.87. The lowest BCUT2D eigenvalue weighted by Crippen LogP contribution is -2.32. The first kappa shape index (κ1) is 14.3. The van der Waals surface area contributed by atoms with Gasteiger partial charge in [-0.3, -0.25) is 0 Å². The van der Waals surface area contributed by atoms with Crippen LogP contribution >= 0.6 is 0 Å². The molecule has 0 bridgehead atoms. The van der Waals surface area contributed by atoms with Crippen LogP contribution in [-0.2, 0) is 17.7 Å². The third-order valence-electron chi connectivity index (χ3n) is 3.63. The second-order valence-corrected chi connectivity index (χ2v) is 5.23. The summed E-state index contributed by atoms with van der Waals surface area (Å²) in [6.07, 6.45) is 3.27.